The van der Waals surface area contributed by atoms with Gasteiger partial charge in [0.25, 0.3) is 0 Å². The standard InChI is InChI=1S/C17H31NO2/c1-12(2)14-8-7-13(3)11-15(14)20-16(19)17(18)9-5-4-6-10-17/h12-15H,4-11,18H2,1-3H3. The van der Waals surface area contributed by atoms with Crippen molar-refractivity contribution >= 4 is 5.97 Å². The number of rotatable bonds is 3. The maximum Gasteiger partial charge on any atom is 0.326 e. The number of esters is 1. The summed E-state index contributed by atoms with van der Waals surface area (Å²) in [7, 11) is 0. The van der Waals surface area contributed by atoms with Crippen molar-refractivity contribution < 1.29 is 9.53 Å². The second-order valence-electron chi connectivity index (χ2n) is 7.49. The molecule has 2 aliphatic rings. The van der Waals surface area contributed by atoms with Crippen molar-refractivity contribution in [1.82, 2.24) is 0 Å². The molecule has 0 amide bonds. The molecule has 3 nitrogen and oxygen atoms in total. The summed E-state index contributed by atoms with van der Waals surface area (Å²) in [4.78, 5) is 12.5. The van der Waals surface area contributed by atoms with Crippen LogP contribution < -0.4 is 5.73 Å². The van der Waals surface area contributed by atoms with Gasteiger partial charge < -0.3 is 10.5 Å². The Morgan fingerprint density at radius 3 is 2.45 bits per heavy atom. The Labute approximate surface area is 123 Å². The van der Waals surface area contributed by atoms with Crippen LogP contribution in [-0.2, 0) is 9.53 Å². The number of hydrogen-bond acceptors (Lipinski definition) is 3. The average molecular weight is 281 g/mol. The third-order valence-electron chi connectivity index (χ3n) is 5.37. The van der Waals surface area contributed by atoms with Crippen molar-refractivity contribution in [2.45, 2.75) is 83.8 Å². The van der Waals surface area contributed by atoms with E-state index in [0.717, 1.165) is 32.1 Å². The summed E-state index contributed by atoms with van der Waals surface area (Å²) in [6, 6.07) is 0. The van der Waals surface area contributed by atoms with Crippen molar-refractivity contribution in [3.05, 3.63) is 0 Å². The Morgan fingerprint density at radius 1 is 1.20 bits per heavy atom. The first-order valence-corrected chi connectivity index (χ1v) is 8.42. The van der Waals surface area contributed by atoms with Crippen molar-refractivity contribution in [2.24, 2.45) is 23.5 Å². The quantitative estimate of drug-likeness (QED) is 0.803. The molecule has 2 saturated carbocycles. The Balaban J connectivity index is 2.00. The predicted molar refractivity (Wildman–Crippen MR) is 81.2 cm³/mol. The summed E-state index contributed by atoms with van der Waals surface area (Å²) in [5, 5.41) is 0. The highest BCUT2D eigenvalue weighted by Gasteiger charge is 2.41. The van der Waals surface area contributed by atoms with Crippen LogP contribution in [0.1, 0.15) is 72.1 Å². The van der Waals surface area contributed by atoms with E-state index in [0.29, 0.717) is 17.8 Å². The second-order valence-corrected chi connectivity index (χ2v) is 7.49. The van der Waals surface area contributed by atoms with Crippen LogP contribution in [0.15, 0.2) is 0 Å². The summed E-state index contributed by atoms with van der Waals surface area (Å²) < 4.78 is 5.91. The number of nitrogens with two attached hydrogens (primary N) is 1. The number of hydrogen-bond donors (Lipinski definition) is 1. The molecule has 2 rings (SSSR count). The van der Waals surface area contributed by atoms with Crippen LogP contribution in [0.3, 0.4) is 0 Å². The Hall–Kier alpha value is -0.570. The number of ether oxygens (including phenoxy) is 1. The first-order chi connectivity index (χ1) is 9.42. The van der Waals surface area contributed by atoms with Gasteiger partial charge in [-0.2, -0.15) is 0 Å². The van der Waals surface area contributed by atoms with Crippen LogP contribution in [0.25, 0.3) is 0 Å². The zero-order chi connectivity index (χ0) is 14.8. The molecule has 0 saturated heterocycles. The van der Waals surface area contributed by atoms with Gasteiger partial charge in [0.1, 0.15) is 11.6 Å². The van der Waals surface area contributed by atoms with Crippen molar-refractivity contribution in [3.8, 4) is 0 Å². The monoisotopic (exact) mass is 281 g/mol. The van der Waals surface area contributed by atoms with E-state index in [1.54, 1.807) is 0 Å². The maximum absolute atomic E-state index is 12.5. The third-order valence-corrected chi connectivity index (χ3v) is 5.37. The molecule has 116 valence electrons. The van der Waals surface area contributed by atoms with Gasteiger partial charge in [0.05, 0.1) is 0 Å². The minimum atomic E-state index is -0.708. The van der Waals surface area contributed by atoms with Gasteiger partial charge in [-0.1, -0.05) is 46.5 Å². The van der Waals surface area contributed by atoms with Gasteiger partial charge >= 0.3 is 5.97 Å². The zero-order valence-corrected chi connectivity index (χ0v) is 13.4. The van der Waals surface area contributed by atoms with Gasteiger partial charge in [-0.15, -0.1) is 0 Å². The van der Waals surface area contributed by atoms with Crippen LogP contribution in [0.5, 0.6) is 0 Å². The van der Waals surface area contributed by atoms with Crippen LogP contribution >= 0.6 is 0 Å². The second kappa shape index (κ2) is 6.46. The first-order valence-electron chi connectivity index (χ1n) is 8.42. The maximum atomic E-state index is 12.5. The molecule has 2 fully saturated rings. The van der Waals surface area contributed by atoms with Crippen LogP contribution in [0, 0.1) is 17.8 Å². The van der Waals surface area contributed by atoms with Gasteiger partial charge in [0, 0.05) is 0 Å². The van der Waals surface area contributed by atoms with E-state index in [9.17, 15) is 4.79 Å². The van der Waals surface area contributed by atoms with E-state index in [-0.39, 0.29) is 12.1 Å². The fourth-order valence-corrected chi connectivity index (χ4v) is 3.89. The SMILES string of the molecule is CC1CCC(C(C)C)C(OC(=O)C2(N)CCCCC2)C1. The lowest BCUT2D eigenvalue weighted by Crippen LogP contribution is -2.52. The van der Waals surface area contributed by atoms with Crippen molar-refractivity contribution in [2.75, 3.05) is 0 Å². The number of carbonyl (C=O) groups is 1. The highest BCUT2D eigenvalue weighted by molar-refractivity contribution is 5.80. The molecule has 20 heavy (non-hydrogen) atoms. The molecular weight excluding hydrogens is 250 g/mol. The fraction of sp³-hybridized carbons (Fsp3) is 0.941. The highest BCUT2D eigenvalue weighted by atomic mass is 16.5. The van der Waals surface area contributed by atoms with E-state index in [1.807, 2.05) is 0 Å². The van der Waals surface area contributed by atoms with Gasteiger partial charge in [-0.3, -0.25) is 4.79 Å². The van der Waals surface area contributed by atoms with E-state index in [4.69, 9.17) is 10.5 Å². The predicted octanol–water partition coefficient (Wildman–Crippen LogP) is 3.65. The summed E-state index contributed by atoms with van der Waals surface area (Å²) in [5.74, 6) is 1.59. The molecule has 0 heterocycles. The van der Waals surface area contributed by atoms with E-state index < -0.39 is 5.54 Å². The molecule has 0 radical (unpaired) electrons. The zero-order valence-electron chi connectivity index (χ0n) is 13.4. The van der Waals surface area contributed by atoms with Crippen molar-refractivity contribution in [1.29, 1.82) is 0 Å². The molecule has 2 aliphatic carbocycles. The Kier molecular flexibility index (Phi) is 5.11. The van der Waals surface area contributed by atoms with Crippen LogP contribution in [0.2, 0.25) is 0 Å². The Morgan fingerprint density at radius 2 is 1.85 bits per heavy atom. The lowest BCUT2D eigenvalue weighted by Gasteiger charge is -2.39. The summed E-state index contributed by atoms with van der Waals surface area (Å²) in [5.41, 5.74) is 5.59. The molecule has 0 spiro atoms. The smallest absolute Gasteiger partial charge is 0.326 e. The van der Waals surface area contributed by atoms with Crippen molar-refractivity contribution in [3.63, 3.8) is 0 Å². The van der Waals surface area contributed by atoms with E-state index in [1.165, 1.54) is 19.3 Å². The van der Waals surface area contributed by atoms with Gasteiger partial charge in [-0.25, -0.2) is 0 Å². The summed E-state index contributed by atoms with van der Waals surface area (Å²) in [6.45, 7) is 6.73. The van der Waals surface area contributed by atoms with E-state index >= 15 is 0 Å². The van der Waals surface area contributed by atoms with Crippen LogP contribution in [0.4, 0.5) is 0 Å². The van der Waals surface area contributed by atoms with Gasteiger partial charge in [0.2, 0.25) is 0 Å². The highest BCUT2D eigenvalue weighted by Crippen LogP contribution is 2.37. The van der Waals surface area contributed by atoms with E-state index in [2.05, 4.69) is 20.8 Å². The molecular formula is C17H31NO2. The molecule has 0 aliphatic heterocycles. The first kappa shape index (κ1) is 15.8. The third kappa shape index (κ3) is 3.55. The lowest BCUT2D eigenvalue weighted by molar-refractivity contribution is -0.164. The molecule has 0 bridgehead atoms. The lowest BCUT2D eigenvalue weighted by atomic mass is 9.75. The normalized spacial score (nSPS) is 34.0. The molecule has 0 aromatic heterocycles. The topological polar surface area (TPSA) is 52.3 Å². The summed E-state index contributed by atoms with van der Waals surface area (Å²) >= 11 is 0. The molecule has 0 aromatic rings. The largest absolute Gasteiger partial charge is 0.461 e. The Bertz CT molecular complexity index is 334. The molecule has 3 unspecified atom stereocenters. The minimum absolute atomic E-state index is 0.0774. The number of carbonyl (C=O) groups excluding carboxylic acids is 1. The van der Waals surface area contributed by atoms with Gasteiger partial charge in [0.15, 0.2) is 0 Å². The fourth-order valence-electron chi connectivity index (χ4n) is 3.89. The molecule has 2 N–H and O–H groups in total. The molecule has 3 atom stereocenters. The molecule has 0 aromatic carbocycles. The van der Waals surface area contributed by atoms with Gasteiger partial charge in [-0.05, 0) is 43.4 Å². The van der Waals surface area contributed by atoms with Crippen LogP contribution in [-0.4, -0.2) is 17.6 Å². The molecule has 3 heteroatoms. The average Bonchev–Trinajstić information content (AvgIpc) is 2.39. The summed E-state index contributed by atoms with van der Waals surface area (Å²) in [6.07, 6.45) is 8.40. The minimum Gasteiger partial charge on any atom is -0.461 e.